The van der Waals surface area contributed by atoms with E-state index in [1.54, 1.807) is 20.8 Å². The largest absolute Gasteiger partial charge is 0.490 e. The van der Waals surface area contributed by atoms with Gasteiger partial charge in [-0.2, -0.15) is 13.2 Å². The number of hydrogen-bond donors (Lipinski definition) is 4. The smallest absolute Gasteiger partial charge is 0.419 e. The summed E-state index contributed by atoms with van der Waals surface area (Å²) in [5.41, 5.74) is 9.00. The number of halogens is 5. The fraction of sp³-hybridized carbons (Fsp3) is 0.400. The molecule has 12 heteroatoms. The number of carbonyl (C=O) groups excluding carboxylic acids is 1. The fourth-order valence-corrected chi connectivity index (χ4v) is 3.56. The molecular formula is C20H22ClF4N5O2. The first kappa shape index (κ1) is 24.0. The molecule has 7 nitrogen and oxygen atoms in total. The Bertz CT molecular complexity index is 1010. The van der Waals surface area contributed by atoms with Gasteiger partial charge < -0.3 is 15.8 Å². The zero-order valence-corrected chi connectivity index (χ0v) is 18.1. The van der Waals surface area contributed by atoms with Gasteiger partial charge in [-0.25, -0.2) is 14.8 Å². The highest BCUT2D eigenvalue weighted by Gasteiger charge is 2.35. The van der Waals surface area contributed by atoms with Gasteiger partial charge in [0.1, 0.15) is 22.9 Å². The van der Waals surface area contributed by atoms with Crippen molar-refractivity contribution >= 4 is 23.3 Å². The molecule has 3 atom stereocenters. The maximum Gasteiger partial charge on any atom is 0.419 e. The van der Waals surface area contributed by atoms with Gasteiger partial charge in [0.15, 0.2) is 0 Å². The number of ether oxygens (including phenoxy) is 1. The minimum atomic E-state index is -4.69. The van der Waals surface area contributed by atoms with Crippen LogP contribution in [0.1, 0.15) is 36.7 Å². The SMILES string of the molecule is CC(C)Oc1cc(-c2ccc(C(F)(F)F)c(N)n2)c(F)cc1C(=O)NC1C(C)NNC1Cl. The number of aromatic nitrogens is 1. The summed E-state index contributed by atoms with van der Waals surface area (Å²) in [7, 11) is 0. The average Bonchev–Trinajstić information content (AvgIpc) is 2.99. The van der Waals surface area contributed by atoms with Crippen LogP contribution in [0.15, 0.2) is 24.3 Å². The number of nitrogen functional groups attached to an aromatic ring is 1. The Morgan fingerprint density at radius 3 is 2.50 bits per heavy atom. The number of hydrazine groups is 1. The lowest BCUT2D eigenvalue weighted by molar-refractivity contribution is -0.137. The molecule has 174 valence electrons. The number of carbonyl (C=O) groups is 1. The monoisotopic (exact) mass is 475 g/mol. The molecule has 32 heavy (non-hydrogen) atoms. The molecule has 0 saturated carbocycles. The number of amides is 1. The maximum atomic E-state index is 15.0. The van der Waals surface area contributed by atoms with Gasteiger partial charge in [0.25, 0.3) is 5.91 Å². The van der Waals surface area contributed by atoms with Crippen LogP contribution >= 0.6 is 11.6 Å². The molecule has 0 bridgehead atoms. The van der Waals surface area contributed by atoms with Crippen LogP contribution < -0.4 is 26.6 Å². The van der Waals surface area contributed by atoms with Gasteiger partial charge in [-0.15, -0.1) is 11.6 Å². The van der Waals surface area contributed by atoms with E-state index in [0.717, 1.165) is 18.2 Å². The number of alkyl halides is 4. The third kappa shape index (κ3) is 5.05. The van der Waals surface area contributed by atoms with Crippen molar-refractivity contribution < 1.29 is 27.1 Å². The van der Waals surface area contributed by atoms with Gasteiger partial charge in [0.05, 0.1) is 29.0 Å². The lowest BCUT2D eigenvalue weighted by Crippen LogP contribution is -2.45. The van der Waals surface area contributed by atoms with Crippen LogP contribution in [0.5, 0.6) is 5.75 Å². The molecule has 2 heterocycles. The number of nitrogens with zero attached hydrogens (tertiary/aromatic N) is 1. The molecule has 0 aliphatic carbocycles. The number of pyridine rings is 1. The minimum absolute atomic E-state index is 0.0341. The summed E-state index contributed by atoms with van der Waals surface area (Å²) in [6.07, 6.45) is -5.07. The zero-order chi connectivity index (χ0) is 23.8. The predicted octanol–water partition coefficient (Wildman–Crippen LogP) is 3.44. The highest BCUT2D eigenvalue weighted by Crippen LogP contribution is 2.36. The van der Waals surface area contributed by atoms with Crippen LogP contribution in [0.4, 0.5) is 23.4 Å². The van der Waals surface area contributed by atoms with Crippen LogP contribution in [0.25, 0.3) is 11.3 Å². The molecule has 1 aliphatic rings. The second-order valence-electron chi connectivity index (χ2n) is 7.60. The van der Waals surface area contributed by atoms with Crippen LogP contribution in [0.2, 0.25) is 0 Å². The summed E-state index contributed by atoms with van der Waals surface area (Å²) < 4.78 is 59.5. The minimum Gasteiger partial charge on any atom is -0.490 e. The molecule has 1 aromatic carbocycles. The highest BCUT2D eigenvalue weighted by molar-refractivity contribution is 6.21. The second-order valence-corrected chi connectivity index (χ2v) is 8.07. The molecule has 1 saturated heterocycles. The van der Waals surface area contributed by atoms with E-state index in [2.05, 4.69) is 21.2 Å². The molecule has 0 spiro atoms. The first-order valence-corrected chi connectivity index (χ1v) is 10.1. The van der Waals surface area contributed by atoms with E-state index >= 15 is 0 Å². The summed E-state index contributed by atoms with van der Waals surface area (Å²) >= 11 is 6.13. The molecule has 0 radical (unpaired) electrons. The van der Waals surface area contributed by atoms with E-state index < -0.39 is 40.8 Å². The average molecular weight is 476 g/mol. The van der Waals surface area contributed by atoms with E-state index in [1.807, 2.05) is 0 Å². The Morgan fingerprint density at radius 1 is 1.28 bits per heavy atom. The number of nitrogens with two attached hydrogens (primary N) is 1. The van der Waals surface area contributed by atoms with Gasteiger partial charge >= 0.3 is 6.18 Å². The van der Waals surface area contributed by atoms with Crippen LogP contribution in [-0.4, -0.2) is 34.6 Å². The van der Waals surface area contributed by atoms with Crippen molar-refractivity contribution in [3.8, 4) is 17.0 Å². The van der Waals surface area contributed by atoms with Crippen molar-refractivity contribution in [3.63, 3.8) is 0 Å². The number of nitrogens with one attached hydrogen (secondary N) is 3. The van der Waals surface area contributed by atoms with E-state index in [9.17, 15) is 22.4 Å². The van der Waals surface area contributed by atoms with Gasteiger partial charge in [-0.1, -0.05) is 0 Å². The Balaban J connectivity index is 2.00. The van der Waals surface area contributed by atoms with Crippen LogP contribution in [0, 0.1) is 5.82 Å². The fourth-order valence-electron chi connectivity index (χ4n) is 3.21. The maximum absolute atomic E-state index is 15.0. The molecule has 3 unspecified atom stereocenters. The normalized spacial score (nSPS) is 21.1. The molecule has 1 aliphatic heterocycles. The summed E-state index contributed by atoms with van der Waals surface area (Å²) in [5, 5.41) is 2.72. The quantitative estimate of drug-likeness (QED) is 0.300. The van der Waals surface area contributed by atoms with Crippen molar-refractivity contribution in [3.05, 3.63) is 41.2 Å². The number of benzene rings is 1. The Labute approximate surface area is 186 Å². The van der Waals surface area contributed by atoms with E-state index in [1.165, 1.54) is 6.07 Å². The molecule has 1 amide bonds. The number of rotatable bonds is 5. The van der Waals surface area contributed by atoms with Crippen molar-refractivity contribution in [2.75, 3.05) is 5.73 Å². The number of anilines is 1. The summed E-state index contributed by atoms with van der Waals surface area (Å²) in [6.45, 7) is 5.22. The third-order valence-corrected chi connectivity index (χ3v) is 5.16. The number of hydrogen-bond acceptors (Lipinski definition) is 6. The van der Waals surface area contributed by atoms with Gasteiger partial charge in [0, 0.05) is 11.6 Å². The Kier molecular flexibility index (Phi) is 6.82. The molecule has 2 aromatic rings. The van der Waals surface area contributed by atoms with E-state index in [0.29, 0.717) is 0 Å². The molecule has 5 N–H and O–H groups in total. The lowest BCUT2D eigenvalue weighted by Gasteiger charge is -2.21. The van der Waals surface area contributed by atoms with E-state index in [-0.39, 0.29) is 34.7 Å². The summed E-state index contributed by atoms with van der Waals surface area (Å²) in [6, 6.07) is 3.21. The molecule has 1 fully saturated rings. The topological polar surface area (TPSA) is 101 Å². The van der Waals surface area contributed by atoms with Gasteiger partial charge in [-0.05, 0) is 45.0 Å². The first-order chi connectivity index (χ1) is 14.9. The van der Waals surface area contributed by atoms with E-state index in [4.69, 9.17) is 22.1 Å². The first-order valence-electron chi connectivity index (χ1n) is 9.68. The van der Waals surface area contributed by atoms with Crippen molar-refractivity contribution in [2.24, 2.45) is 0 Å². The standard InChI is InChI=1S/C20H22ClF4N5O2/c1-8(2)32-15-7-10(14-5-4-12(18(26)27-14)20(23,24)25)13(22)6-11(15)19(31)28-16-9(3)29-30-17(16)21/h4-9,16-17,29-30H,1-3H3,(H2,26,27)(H,28,31). The van der Waals surface area contributed by atoms with Crippen LogP contribution in [0.3, 0.4) is 0 Å². The predicted molar refractivity (Wildman–Crippen MR) is 111 cm³/mol. The van der Waals surface area contributed by atoms with Crippen LogP contribution in [-0.2, 0) is 6.18 Å². The van der Waals surface area contributed by atoms with Gasteiger partial charge in [0.2, 0.25) is 0 Å². The lowest BCUT2D eigenvalue weighted by atomic mass is 10.0. The summed E-state index contributed by atoms with van der Waals surface area (Å²) in [5.74, 6) is -2.26. The third-order valence-electron chi connectivity index (χ3n) is 4.78. The second kappa shape index (κ2) is 9.08. The summed E-state index contributed by atoms with van der Waals surface area (Å²) in [4.78, 5) is 16.6. The highest BCUT2D eigenvalue weighted by atomic mass is 35.5. The van der Waals surface area contributed by atoms with Gasteiger partial charge in [-0.3, -0.25) is 10.2 Å². The van der Waals surface area contributed by atoms with Crippen molar-refractivity contribution in [1.82, 2.24) is 21.2 Å². The molecule has 1 aromatic heterocycles. The molecular weight excluding hydrogens is 454 g/mol. The van der Waals surface area contributed by atoms with Crippen molar-refractivity contribution in [1.29, 1.82) is 0 Å². The zero-order valence-electron chi connectivity index (χ0n) is 17.3. The Hall–Kier alpha value is -2.63. The van der Waals surface area contributed by atoms with Crippen molar-refractivity contribution in [2.45, 2.75) is 50.6 Å². The Morgan fingerprint density at radius 2 is 1.97 bits per heavy atom. The molecule has 3 rings (SSSR count).